The molecule has 22 heavy (non-hydrogen) atoms. The van der Waals surface area contributed by atoms with Crippen molar-refractivity contribution < 1.29 is 4.79 Å². The third kappa shape index (κ3) is 3.39. The van der Waals surface area contributed by atoms with Gasteiger partial charge in [-0.2, -0.15) is 0 Å². The van der Waals surface area contributed by atoms with Gasteiger partial charge in [-0.25, -0.2) is 4.98 Å². The molecule has 1 saturated heterocycles. The number of piperidine rings is 1. The maximum absolute atomic E-state index is 12.1. The molecule has 1 aliphatic rings. The largest absolute Gasteiger partial charge is 0.375 e. The average molecular weight is 316 g/mol. The Bertz CT molecular complexity index is 662. The number of anilines is 2. The monoisotopic (exact) mass is 316 g/mol. The van der Waals surface area contributed by atoms with E-state index in [2.05, 4.69) is 46.4 Å². The normalized spacial score (nSPS) is 15.8. The molecule has 6 heteroatoms. The molecule has 1 aliphatic heterocycles. The van der Waals surface area contributed by atoms with Gasteiger partial charge >= 0.3 is 0 Å². The highest BCUT2D eigenvalue weighted by Gasteiger charge is 2.22. The number of rotatable bonds is 3. The minimum absolute atomic E-state index is 0.0665. The van der Waals surface area contributed by atoms with Gasteiger partial charge in [0.2, 0.25) is 0 Å². The lowest BCUT2D eigenvalue weighted by molar-refractivity contribution is 0.0935. The number of hydrogen-bond donors (Lipinski definition) is 2. The maximum atomic E-state index is 12.1. The number of carbonyl (C=O) groups excluding carboxylic acids is 1. The second-order valence-electron chi connectivity index (χ2n) is 5.64. The smallest absolute Gasteiger partial charge is 0.263 e. The molecule has 116 valence electrons. The highest BCUT2D eigenvalue weighted by molar-refractivity contribution is 7.17. The summed E-state index contributed by atoms with van der Waals surface area (Å²) < 4.78 is 0. The molecular formula is C16H20N4OS. The minimum Gasteiger partial charge on any atom is -0.375 e. The van der Waals surface area contributed by atoms with Crippen LogP contribution in [0.2, 0.25) is 0 Å². The standard InChI is InChI=1S/C16H20N4OS/c1-11-3-2-4-13(9-11)20-7-5-12(6-8-20)19-15(21)14-10-18-16(17)22-14/h2-4,9-10,12H,5-8H2,1H3,(H2,17,18)(H,19,21). The van der Waals surface area contributed by atoms with E-state index in [9.17, 15) is 4.79 Å². The Hall–Kier alpha value is -2.08. The summed E-state index contributed by atoms with van der Waals surface area (Å²) in [5.74, 6) is -0.0665. The fourth-order valence-corrected chi connectivity index (χ4v) is 3.34. The van der Waals surface area contributed by atoms with Crippen LogP contribution in [-0.2, 0) is 0 Å². The van der Waals surface area contributed by atoms with Gasteiger partial charge in [-0.05, 0) is 37.5 Å². The average Bonchev–Trinajstić information content (AvgIpc) is 2.95. The zero-order valence-corrected chi connectivity index (χ0v) is 13.4. The third-order valence-electron chi connectivity index (χ3n) is 3.94. The first-order chi connectivity index (χ1) is 10.6. The summed E-state index contributed by atoms with van der Waals surface area (Å²) in [6.07, 6.45) is 3.44. The number of thiazole rings is 1. The Morgan fingerprint density at radius 1 is 1.41 bits per heavy atom. The Morgan fingerprint density at radius 3 is 2.82 bits per heavy atom. The number of aryl methyl sites for hydroxylation is 1. The van der Waals surface area contributed by atoms with E-state index in [1.807, 2.05) is 0 Å². The van der Waals surface area contributed by atoms with Gasteiger partial charge < -0.3 is 16.0 Å². The van der Waals surface area contributed by atoms with Crippen LogP contribution >= 0.6 is 11.3 Å². The Morgan fingerprint density at radius 2 is 2.18 bits per heavy atom. The quantitative estimate of drug-likeness (QED) is 0.912. The number of carbonyl (C=O) groups is 1. The van der Waals surface area contributed by atoms with Crippen molar-refractivity contribution in [3.8, 4) is 0 Å². The predicted molar refractivity (Wildman–Crippen MR) is 90.4 cm³/mol. The fraction of sp³-hybridized carbons (Fsp3) is 0.375. The number of nitrogens with two attached hydrogens (primary N) is 1. The van der Waals surface area contributed by atoms with Crippen molar-refractivity contribution in [1.82, 2.24) is 10.3 Å². The van der Waals surface area contributed by atoms with Crippen molar-refractivity contribution in [2.45, 2.75) is 25.8 Å². The molecule has 0 radical (unpaired) electrons. The molecule has 0 saturated carbocycles. The van der Waals surface area contributed by atoms with Crippen LogP contribution in [0.5, 0.6) is 0 Å². The summed E-state index contributed by atoms with van der Waals surface area (Å²) in [7, 11) is 0. The molecule has 0 unspecified atom stereocenters. The summed E-state index contributed by atoms with van der Waals surface area (Å²) >= 11 is 1.23. The van der Waals surface area contributed by atoms with Crippen LogP contribution in [0.1, 0.15) is 28.1 Å². The van der Waals surface area contributed by atoms with E-state index in [-0.39, 0.29) is 11.9 Å². The second-order valence-corrected chi connectivity index (χ2v) is 6.70. The number of amides is 1. The van der Waals surface area contributed by atoms with Crippen molar-refractivity contribution in [3.63, 3.8) is 0 Å². The van der Waals surface area contributed by atoms with E-state index in [0.717, 1.165) is 25.9 Å². The molecule has 1 aromatic heterocycles. The molecule has 1 amide bonds. The Labute approximate surface area is 134 Å². The van der Waals surface area contributed by atoms with Gasteiger partial charge in [0.05, 0.1) is 6.20 Å². The van der Waals surface area contributed by atoms with Crippen molar-refractivity contribution in [3.05, 3.63) is 40.9 Å². The SMILES string of the molecule is Cc1cccc(N2CCC(NC(=O)c3cnc(N)s3)CC2)c1. The summed E-state index contributed by atoms with van der Waals surface area (Å²) in [5, 5.41) is 3.51. The van der Waals surface area contributed by atoms with Crippen LogP contribution in [0.25, 0.3) is 0 Å². The van der Waals surface area contributed by atoms with Gasteiger partial charge in [-0.15, -0.1) is 0 Å². The van der Waals surface area contributed by atoms with Crippen LogP contribution < -0.4 is 16.0 Å². The second kappa shape index (κ2) is 6.36. The van der Waals surface area contributed by atoms with Gasteiger partial charge in [0.25, 0.3) is 5.91 Å². The van der Waals surface area contributed by atoms with Crippen molar-refractivity contribution in [1.29, 1.82) is 0 Å². The van der Waals surface area contributed by atoms with E-state index < -0.39 is 0 Å². The third-order valence-corrected chi connectivity index (χ3v) is 4.77. The number of nitrogens with one attached hydrogen (secondary N) is 1. The summed E-state index contributed by atoms with van der Waals surface area (Å²) in [5.41, 5.74) is 8.10. The summed E-state index contributed by atoms with van der Waals surface area (Å²) in [6.45, 7) is 4.02. The molecule has 0 bridgehead atoms. The lowest BCUT2D eigenvalue weighted by Crippen LogP contribution is -2.44. The highest BCUT2D eigenvalue weighted by Crippen LogP contribution is 2.21. The van der Waals surface area contributed by atoms with Crippen LogP contribution in [0.4, 0.5) is 10.8 Å². The summed E-state index contributed by atoms with van der Waals surface area (Å²) in [4.78, 5) is 19.0. The van der Waals surface area contributed by atoms with E-state index >= 15 is 0 Å². The van der Waals surface area contributed by atoms with Gasteiger partial charge in [-0.1, -0.05) is 23.5 Å². The molecule has 0 atom stereocenters. The number of aromatic nitrogens is 1. The number of nitrogen functional groups attached to an aromatic ring is 1. The number of benzene rings is 1. The summed E-state index contributed by atoms with van der Waals surface area (Å²) in [6, 6.07) is 8.77. The highest BCUT2D eigenvalue weighted by atomic mass is 32.1. The predicted octanol–water partition coefficient (Wildman–Crippen LogP) is 2.43. The van der Waals surface area contributed by atoms with Gasteiger partial charge in [-0.3, -0.25) is 4.79 Å². The maximum Gasteiger partial charge on any atom is 0.263 e. The Kier molecular flexibility index (Phi) is 4.29. The van der Waals surface area contributed by atoms with Crippen molar-refractivity contribution in [2.24, 2.45) is 0 Å². The zero-order chi connectivity index (χ0) is 15.5. The minimum atomic E-state index is -0.0665. The molecule has 3 rings (SSSR count). The Balaban J connectivity index is 1.54. The van der Waals surface area contributed by atoms with Crippen molar-refractivity contribution >= 4 is 28.1 Å². The first-order valence-electron chi connectivity index (χ1n) is 7.45. The number of nitrogens with zero attached hydrogens (tertiary/aromatic N) is 2. The lowest BCUT2D eigenvalue weighted by Gasteiger charge is -2.34. The van der Waals surface area contributed by atoms with Crippen molar-refractivity contribution in [2.75, 3.05) is 23.7 Å². The molecular weight excluding hydrogens is 296 g/mol. The zero-order valence-electron chi connectivity index (χ0n) is 12.6. The van der Waals surface area contributed by atoms with Crippen LogP contribution in [0.15, 0.2) is 30.5 Å². The molecule has 2 heterocycles. The van der Waals surface area contributed by atoms with Crippen LogP contribution in [-0.4, -0.2) is 30.0 Å². The first-order valence-corrected chi connectivity index (χ1v) is 8.27. The topological polar surface area (TPSA) is 71.2 Å². The molecule has 1 aromatic carbocycles. The van der Waals surface area contributed by atoms with Crippen LogP contribution in [0, 0.1) is 6.92 Å². The van der Waals surface area contributed by atoms with E-state index in [0.29, 0.717) is 10.0 Å². The van der Waals surface area contributed by atoms with Crippen LogP contribution in [0.3, 0.4) is 0 Å². The van der Waals surface area contributed by atoms with E-state index in [1.54, 1.807) is 0 Å². The molecule has 1 fully saturated rings. The van der Waals surface area contributed by atoms with Gasteiger partial charge in [0.1, 0.15) is 4.88 Å². The fourth-order valence-electron chi connectivity index (χ4n) is 2.76. The lowest BCUT2D eigenvalue weighted by atomic mass is 10.0. The molecule has 0 aliphatic carbocycles. The first kappa shape index (κ1) is 14.8. The number of hydrogen-bond acceptors (Lipinski definition) is 5. The molecule has 3 N–H and O–H groups in total. The van der Waals surface area contributed by atoms with E-state index in [4.69, 9.17) is 5.73 Å². The molecule has 0 spiro atoms. The van der Waals surface area contributed by atoms with Gasteiger partial charge in [0, 0.05) is 24.8 Å². The van der Waals surface area contributed by atoms with Gasteiger partial charge in [0.15, 0.2) is 5.13 Å². The molecule has 2 aromatic rings. The molecule has 5 nitrogen and oxygen atoms in total. The van der Waals surface area contributed by atoms with E-state index in [1.165, 1.54) is 28.8 Å².